The highest BCUT2D eigenvalue weighted by atomic mass is 16.2. The minimum atomic E-state index is -0.677. The van der Waals surface area contributed by atoms with Crippen LogP contribution in [0.4, 0.5) is 11.4 Å². The molecule has 0 unspecified atom stereocenters. The van der Waals surface area contributed by atoms with Crippen molar-refractivity contribution < 1.29 is 14.4 Å². The largest absolute Gasteiger partial charge is 0.330 e. The summed E-state index contributed by atoms with van der Waals surface area (Å²) < 4.78 is 0. The number of hydrogen-bond acceptors (Lipinski definition) is 4. The Morgan fingerprint density at radius 3 is 2.48 bits per heavy atom. The van der Waals surface area contributed by atoms with E-state index in [-0.39, 0.29) is 11.8 Å². The molecular formula is C26H34N4O3. The maximum Gasteiger partial charge on any atom is 0.313 e. The smallest absolute Gasteiger partial charge is 0.313 e. The maximum absolute atomic E-state index is 13.0. The molecule has 3 amide bonds. The Balaban J connectivity index is 1.67. The van der Waals surface area contributed by atoms with Gasteiger partial charge in [-0.3, -0.25) is 14.4 Å². The van der Waals surface area contributed by atoms with Crippen LogP contribution < -0.4 is 16.0 Å². The topological polar surface area (TPSA) is 95.7 Å². The van der Waals surface area contributed by atoms with E-state index in [2.05, 4.69) is 5.32 Å². The van der Waals surface area contributed by atoms with E-state index in [1.165, 1.54) is 0 Å². The van der Waals surface area contributed by atoms with Gasteiger partial charge >= 0.3 is 11.8 Å². The molecule has 0 spiro atoms. The predicted octanol–water partition coefficient (Wildman–Crippen LogP) is 3.68. The highest BCUT2D eigenvalue weighted by Gasteiger charge is 2.23. The summed E-state index contributed by atoms with van der Waals surface area (Å²) in [6.45, 7) is 5.96. The Labute approximate surface area is 195 Å². The van der Waals surface area contributed by atoms with Gasteiger partial charge in [-0.05, 0) is 54.2 Å². The fraction of sp³-hybridized carbons (Fsp3) is 0.423. The molecule has 176 valence electrons. The highest BCUT2D eigenvalue weighted by molar-refractivity contribution is 6.39. The molecule has 1 fully saturated rings. The van der Waals surface area contributed by atoms with Crippen molar-refractivity contribution in [2.24, 2.45) is 11.7 Å². The monoisotopic (exact) mass is 450 g/mol. The first-order chi connectivity index (χ1) is 15.9. The average Bonchev–Trinajstić information content (AvgIpc) is 3.02. The van der Waals surface area contributed by atoms with Crippen LogP contribution in [0.15, 0.2) is 48.5 Å². The number of nitrogens with two attached hydrogens (primary N) is 1. The minimum absolute atomic E-state index is 0.127. The first-order valence-corrected chi connectivity index (χ1v) is 11.7. The van der Waals surface area contributed by atoms with Crippen molar-refractivity contribution in [3.63, 3.8) is 0 Å². The number of rotatable bonds is 7. The van der Waals surface area contributed by atoms with Gasteiger partial charge in [0, 0.05) is 44.0 Å². The summed E-state index contributed by atoms with van der Waals surface area (Å²) in [5, 5.41) is 2.70. The van der Waals surface area contributed by atoms with E-state index in [1.54, 1.807) is 21.9 Å². The Morgan fingerprint density at radius 1 is 1.06 bits per heavy atom. The quantitative estimate of drug-likeness (QED) is 0.629. The van der Waals surface area contributed by atoms with Crippen molar-refractivity contribution in [1.29, 1.82) is 0 Å². The SMILES string of the molecule is CC(C)CN(Cc1cccc(CN)c1)C(=O)C(=O)Nc1ccc(N2CCCCCC2=O)cc1. The van der Waals surface area contributed by atoms with E-state index in [4.69, 9.17) is 5.73 Å². The van der Waals surface area contributed by atoms with Gasteiger partial charge < -0.3 is 20.9 Å². The van der Waals surface area contributed by atoms with E-state index in [1.807, 2.05) is 50.2 Å². The zero-order valence-electron chi connectivity index (χ0n) is 19.5. The number of anilines is 2. The zero-order valence-corrected chi connectivity index (χ0v) is 19.5. The molecule has 0 bridgehead atoms. The van der Waals surface area contributed by atoms with E-state index >= 15 is 0 Å². The van der Waals surface area contributed by atoms with Gasteiger partial charge in [-0.2, -0.15) is 0 Å². The molecule has 0 aromatic heterocycles. The summed E-state index contributed by atoms with van der Waals surface area (Å²) in [7, 11) is 0. The Bertz CT molecular complexity index is 972. The summed E-state index contributed by atoms with van der Waals surface area (Å²) in [4.78, 5) is 41.4. The van der Waals surface area contributed by atoms with Crippen molar-refractivity contribution >= 4 is 29.1 Å². The Morgan fingerprint density at radius 2 is 1.79 bits per heavy atom. The first kappa shape index (κ1) is 24.5. The molecule has 2 aromatic rings. The molecule has 0 aliphatic carbocycles. The van der Waals surface area contributed by atoms with Crippen molar-refractivity contribution in [3.8, 4) is 0 Å². The molecule has 2 aromatic carbocycles. The molecule has 33 heavy (non-hydrogen) atoms. The van der Waals surface area contributed by atoms with E-state index in [9.17, 15) is 14.4 Å². The van der Waals surface area contributed by atoms with E-state index in [0.717, 1.165) is 36.1 Å². The lowest BCUT2D eigenvalue weighted by Crippen LogP contribution is -2.41. The molecule has 3 N–H and O–H groups in total. The fourth-order valence-electron chi connectivity index (χ4n) is 4.04. The molecule has 0 atom stereocenters. The first-order valence-electron chi connectivity index (χ1n) is 11.7. The zero-order chi connectivity index (χ0) is 23.8. The van der Waals surface area contributed by atoms with Gasteiger partial charge in [-0.25, -0.2) is 0 Å². The molecular weight excluding hydrogens is 416 g/mol. The van der Waals surface area contributed by atoms with Gasteiger partial charge in [-0.15, -0.1) is 0 Å². The van der Waals surface area contributed by atoms with Gasteiger partial charge in [0.1, 0.15) is 0 Å². The van der Waals surface area contributed by atoms with Crippen LogP contribution in [0.3, 0.4) is 0 Å². The number of hydrogen-bond donors (Lipinski definition) is 2. The van der Waals surface area contributed by atoms with Crippen LogP contribution in [-0.2, 0) is 27.5 Å². The second-order valence-corrected chi connectivity index (χ2v) is 8.96. The molecule has 7 heteroatoms. The molecule has 1 saturated heterocycles. The number of carbonyl (C=O) groups is 3. The Hall–Kier alpha value is -3.19. The van der Waals surface area contributed by atoms with Gasteiger partial charge in [0.25, 0.3) is 0 Å². The standard InChI is InChI=1S/C26H34N4O3/c1-19(2)17-29(18-21-8-6-7-20(15-21)16-27)26(33)25(32)28-22-10-12-23(13-11-22)30-14-5-3-4-9-24(30)31/h6-8,10-13,15,19H,3-5,9,14,16-18,27H2,1-2H3,(H,28,32). The lowest BCUT2D eigenvalue weighted by Gasteiger charge is -2.24. The van der Waals surface area contributed by atoms with Crippen LogP contribution in [0.5, 0.6) is 0 Å². The van der Waals surface area contributed by atoms with Gasteiger partial charge in [-0.1, -0.05) is 44.5 Å². The molecule has 1 aliphatic heterocycles. The van der Waals surface area contributed by atoms with Crippen molar-refractivity contribution in [3.05, 3.63) is 59.7 Å². The number of carbonyl (C=O) groups excluding carboxylic acids is 3. The third-order valence-electron chi connectivity index (χ3n) is 5.68. The average molecular weight is 451 g/mol. The summed E-state index contributed by atoms with van der Waals surface area (Å²) in [6.07, 6.45) is 3.53. The lowest BCUT2D eigenvalue weighted by atomic mass is 10.1. The molecule has 1 heterocycles. The van der Waals surface area contributed by atoms with Crippen LogP contribution in [0.1, 0.15) is 50.7 Å². The van der Waals surface area contributed by atoms with Crippen LogP contribution in [0.2, 0.25) is 0 Å². The third-order valence-corrected chi connectivity index (χ3v) is 5.68. The molecule has 0 radical (unpaired) electrons. The third kappa shape index (κ3) is 6.89. The normalized spacial score (nSPS) is 14.2. The highest BCUT2D eigenvalue weighted by Crippen LogP contribution is 2.22. The van der Waals surface area contributed by atoms with E-state index < -0.39 is 11.8 Å². The van der Waals surface area contributed by atoms with Crippen molar-refractivity contribution in [2.45, 2.75) is 52.6 Å². The van der Waals surface area contributed by atoms with E-state index in [0.29, 0.717) is 38.3 Å². The second kappa shape index (κ2) is 11.6. The molecule has 7 nitrogen and oxygen atoms in total. The van der Waals surface area contributed by atoms with Crippen molar-refractivity contribution in [1.82, 2.24) is 4.90 Å². The van der Waals surface area contributed by atoms with Crippen LogP contribution in [-0.4, -0.2) is 35.7 Å². The Kier molecular flexibility index (Phi) is 8.60. The summed E-state index contributed by atoms with van der Waals surface area (Å²) in [5.41, 5.74) is 8.99. The van der Waals surface area contributed by atoms with Gasteiger partial charge in [0.05, 0.1) is 0 Å². The molecule has 3 rings (SSSR count). The predicted molar refractivity (Wildman–Crippen MR) is 130 cm³/mol. The van der Waals surface area contributed by atoms with Crippen molar-refractivity contribution in [2.75, 3.05) is 23.3 Å². The number of nitrogens with zero attached hydrogens (tertiary/aromatic N) is 2. The number of benzene rings is 2. The van der Waals surface area contributed by atoms with Crippen LogP contribution >= 0.6 is 0 Å². The minimum Gasteiger partial charge on any atom is -0.330 e. The summed E-state index contributed by atoms with van der Waals surface area (Å²) in [6, 6.07) is 14.8. The summed E-state index contributed by atoms with van der Waals surface area (Å²) >= 11 is 0. The van der Waals surface area contributed by atoms with Crippen LogP contribution in [0, 0.1) is 5.92 Å². The number of nitrogens with one attached hydrogen (secondary N) is 1. The summed E-state index contributed by atoms with van der Waals surface area (Å²) in [5.74, 6) is -0.912. The lowest BCUT2D eigenvalue weighted by molar-refractivity contribution is -0.143. The van der Waals surface area contributed by atoms with Gasteiger partial charge in [0.15, 0.2) is 0 Å². The molecule has 0 saturated carbocycles. The van der Waals surface area contributed by atoms with Gasteiger partial charge in [0.2, 0.25) is 5.91 Å². The fourth-order valence-corrected chi connectivity index (χ4v) is 4.04. The second-order valence-electron chi connectivity index (χ2n) is 8.96. The number of amides is 3. The maximum atomic E-state index is 13.0. The molecule has 1 aliphatic rings. The van der Waals surface area contributed by atoms with Crippen LogP contribution in [0.25, 0.3) is 0 Å².